The van der Waals surface area contributed by atoms with Gasteiger partial charge in [-0.3, -0.25) is 0 Å². The number of anilines is 1. The lowest BCUT2D eigenvalue weighted by Gasteiger charge is -2.15. The number of nitrogens with zero attached hydrogens (tertiary/aromatic N) is 2. The molecule has 92 valence electrons. The number of hydrogen-bond donors (Lipinski definition) is 1. The van der Waals surface area contributed by atoms with Crippen molar-refractivity contribution in [1.82, 2.24) is 4.98 Å². The minimum Gasteiger partial charge on any atom is -0.376 e. The molecule has 0 aliphatic carbocycles. The molecule has 0 aliphatic heterocycles. The van der Waals surface area contributed by atoms with Crippen molar-refractivity contribution in [2.75, 3.05) is 5.32 Å². The highest BCUT2D eigenvalue weighted by Crippen LogP contribution is 2.25. The van der Waals surface area contributed by atoms with Crippen LogP contribution in [0.15, 0.2) is 29.8 Å². The van der Waals surface area contributed by atoms with E-state index in [2.05, 4.69) is 10.3 Å². The quantitative estimate of drug-likeness (QED) is 0.912. The lowest BCUT2D eigenvalue weighted by molar-refractivity contribution is 0.623. The van der Waals surface area contributed by atoms with Crippen LogP contribution >= 0.6 is 11.3 Å². The molecule has 0 spiro atoms. The molecule has 18 heavy (non-hydrogen) atoms. The Bertz CT molecular complexity index is 560. The molecule has 1 heterocycles. The topological polar surface area (TPSA) is 48.7 Å². The standard InChI is InChI=1S/C13H12FN3S/c1-2-12(13-16-5-6-18-13)17-10-4-3-9(8-15)11(14)7-10/h3-7,12,17H,2H2,1H3. The molecule has 2 aromatic rings. The molecule has 3 nitrogen and oxygen atoms in total. The summed E-state index contributed by atoms with van der Waals surface area (Å²) in [6.07, 6.45) is 2.61. The Balaban J connectivity index is 2.18. The van der Waals surface area contributed by atoms with Crippen LogP contribution in [0.1, 0.15) is 30.0 Å². The van der Waals surface area contributed by atoms with Gasteiger partial charge in [-0.05, 0) is 24.6 Å². The van der Waals surface area contributed by atoms with E-state index in [9.17, 15) is 4.39 Å². The van der Waals surface area contributed by atoms with Gasteiger partial charge in [0.25, 0.3) is 0 Å². The van der Waals surface area contributed by atoms with E-state index in [0.29, 0.717) is 5.69 Å². The average molecular weight is 261 g/mol. The van der Waals surface area contributed by atoms with Crippen LogP contribution in [0.4, 0.5) is 10.1 Å². The lowest BCUT2D eigenvalue weighted by atomic mass is 10.1. The van der Waals surface area contributed by atoms with Gasteiger partial charge >= 0.3 is 0 Å². The van der Waals surface area contributed by atoms with Gasteiger partial charge in [0.1, 0.15) is 16.9 Å². The zero-order valence-corrected chi connectivity index (χ0v) is 10.7. The van der Waals surface area contributed by atoms with Crippen LogP contribution in [0.3, 0.4) is 0 Å². The van der Waals surface area contributed by atoms with E-state index < -0.39 is 5.82 Å². The van der Waals surface area contributed by atoms with E-state index in [1.165, 1.54) is 12.1 Å². The third kappa shape index (κ3) is 2.66. The Morgan fingerprint density at radius 2 is 2.39 bits per heavy atom. The van der Waals surface area contributed by atoms with Crippen LogP contribution in [0.25, 0.3) is 0 Å². The van der Waals surface area contributed by atoms with Crippen LogP contribution in [0, 0.1) is 17.1 Å². The maximum atomic E-state index is 13.5. The molecule has 1 aromatic carbocycles. The van der Waals surface area contributed by atoms with Crippen LogP contribution in [-0.4, -0.2) is 4.98 Å². The summed E-state index contributed by atoms with van der Waals surface area (Å²) in [5.41, 5.74) is 0.719. The Kier molecular flexibility index (Phi) is 3.90. The SMILES string of the molecule is CCC(Nc1ccc(C#N)c(F)c1)c1nccs1. The zero-order chi connectivity index (χ0) is 13.0. The monoisotopic (exact) mass is 261 g/mol. The first-order valence-electron chi connectivity index (χ1n) is 5.60. The molecule has 0 bridgehead atoms. The van der Waals surface area contributed by atoms with Gasteiger partial charge in [-0.25, -0.2) is 9.37 Å². The van der Waals surface area contributed by atoms with Crippen LogP contribution in [0.2, 0.25) is 0 Å². The first-order valence-corrected chi connectivity index (χ1v) is 6.48. The second kappa shape index (κ2) is 5.61. The van der Waals surface area contributed by atoms with Crippen LogP contribution in [-0.2, 0) is 0 Å². The minimum absolute atomic E-state index is 0.0582. The molecule has 0 saturated heterocycles. The average Bonchev–Trinajstić information content (AvgIpc) is 2.90. The fraction of sp³-hybridized carbons (Fsp3) is 0.231. The number of rotatable bonds is 4. The number of nitrogens with one attached hydrogen (secondary N) is 1. The number of hydrogen-bond acceptors (Lipinski definition) is 4. The number of aromatic nitrogens is 1. The number of benzene rings is 1. The molecule has 0 aliphatic rings. The van der Waals surface area contributed by atoms with Gasteiger partial charge in [-0.2, -0.15) is 5.26 Å². The first-order chi connectivity index (χ1) is 8.74. The summed E-state index contributed by atoms with van der Waals surface area (Å²) in [5.74, 6) is -0.503. The van der Waals surface area contributed by atoms with Gasteiger partial charge in [-0.1, -0.05) is 6.92 Å². The van der Waals surface area contributed by atoms with Gasteiger partial charge in [0.05, 0.1) is 11.6 Å². The number of halogens is 1. The van der Waals surface area contributed by atoms with Crippen molar-refractivity contribution < 1.29 is 4.39 Å². The molecule has 0 saturated carbocycles. The Labute approximate surface area is 109 Å². The predicted molar refractivity (Wildman–Crippen MR) is 69.9 cm³/mol. The molecule has 0 radical (unpaired) electrons. The summed E-state index contributed by atoms with van der Waals surface area (Å²) < 4.78 is 13.5. The Morgan fingerprint density at radius 1 is 1.56 bits per heavy atom. The summed E-state index contributed by atoms with van der Waals surface area (Å²) >= 11 is 1.57. The van der Waals surface area contributed by atoms with E-state index in [-0.39, 0.29) is 11.6 Å². The molecule has 1 N–H and O–H groups in total. The predicted octanol–water partition coefficient (Wildman–Crippen LogP) is 3.72. The highest BCUT2D eigenvalue weighted by atomic mass is 32.1. The Morgan fingerprint density at radius 3 is 2.94 bits per heavy atom. The third-order valence-electron chi connectivity index (χ3n) is 2.59. The molecule has 1 aromatic heterocycles. The van der Waals surface area contributed by atoms with Crippen molar-refractivity contribution in [3.63, 3.8) is 0 Å². The van der Waals surface area contributed by atoms with Crippen molar-refractivity contribution in [2.45, 2.75) is 19.4 Å². The van der Waals surface area contributed by atoms with Crippen LogP contribution < -0.4 is 5.32 Å². The van der Waals surface area contributed by atoms with E-state index >= 15 is 0 Å². The van der Waals surface area contributed by atoms with E-state index in [4.69, 9.17) is 5.26 Å². The van der Waals surface area contributed by atoms with Crippen molar-refractivity contribution in [3.8, 4) is 6.07 Å². The second-order valence-electron chi connectivity index (χ2n) is 3.78. The highest BCUT2D eigenvalue weighted by Gasteiger charge is 2.12. The van der Waals surface area contributed by atoms with Gasteiger partial charge < -0.3 is 5.32 Å². The number of nitriles is 1. The first kappa shape index (κ1) is 12.5. The largest absolute Gasteiger partial charge is 0.376 e. The molecule has 5 heteroatoms. The van der Waals surface area contributed by atoms with Crippen molar-refractivity contribution in [1.29, 1.82) is 5.26 Å². The molecule has 0 amide bonds. The summed E-state index contributed by atoms with van der Waals surface area (Å²) in [6.45, 7) is 2.04. The summed E-state index contributed by atoms with van der Waals surface area (Å²) in [4.78, 5) is 4.25. The minimum atomic E-state index is -0.503. The van der Waals surface area contributed by atoms with Crippen molar-refractivity contribution in [2.24, 2.45) is 0 Å². The molecule has 1 atom stereocenters. The van der Waals surface area contributed by atoms with E-state index in [0.717, 1.165) is 11.4 Å². The summed E-state index contributed by atoms with van der Waals surface area (Å²) in [5, 5.41) is 14.8. The summed E-state index contributed by atoms with van der Waals surface area (Å²) in [7, 11) is 0. The third-order valence-corrected chi connectivity index (χ3v) is 3.48. The number of thiazole rings is 1. The molecule has 1 unspecified atom stereocenters. The summed E-state index contributed by atoms with van der Waals surface area (Å²) in [6, 6.07) is 6.40. The normalized spacial score (nSPS) is 11.8. The Hall–Kier alpha value is -1.93. The molecule has 0 fully saturated rings. The maximum absolute atomic E-state index is 13.5. The van der Waals surface area contributed by atoms with Crippen molar-refractivity contribution >= 4 is 17.0 Å². The van der Waals surface area contributed by atoms with Gasteiger partial charge in [-0.15, -0.1) is 11.3 Å². The van der Waals surface area contributed by atoms with Crippen LogP contribution in [0.5, 0.6) is 0 Å². The van der Waals surface area contributed by atoms with E-state index in [1.54, 1.807) is 29.7 Å². The van der Waals surface area contributed by atoms with Gasteiger partial charge in [0, 0.05) is 17.3 Å². The van der Waals surface area contributed by atoms with Crippen molar-refractivity contribution in [3.05, 3.63) is 46.2 Å². The molecular formula is C13H12FN3S. The smallest absolute Gasteiger partial charge is 0.143 e. The molecular weight excluding hydrogens is 249 g/mol. The fourth-order valence-corrected chi connectivity index (χ4v) is 2.41. The zero-order valence-electron chi connectivity index (χ0n) is 9.85. The highest BCUT2D eigenvalue weighted by molar-refractivity contribution is 7.09. The maximum Gasteiger partial charge on any atom is 0.143 e. The van der Waals surface area contributed by atoms with Gasteiger partial charge in [0.15, 0.2) is 0 Å². The second-order valence-corrected chi connectivity index (χ2v) is 4.71. The molecule has 2 rings (SSSR count). The van der Waals surface area contributed by atoms with Gasteiger partial charge in [0.2, 0.25) is 0 Å². The van der Waals surface area contributed by atoms with E-state index in [1.807, 2.05) is 12.3 Å². The fourth-order valence-electron chi connectivity index (χ4n) is 1.64. The lowest BCUT2D eigenvalue weighted by Crippen LogP contribution is -2.09.